The molecule has 214 valence electrons. The highest BCUT2D eigenvalue weighted by Gasteiger charge is 2.29. The normalized spacial score (nSPS) is 14.0. The van der Waals surface area contributed by atoms with Gasteiger partial charge in [-0.3, -0.25) is 4.52 Å². The second-order valence-corrected chi connectivity index (χ2v) is 14.4. The number of nitrogens with one attached hydrogen (secondary N) is 1. The van der Waals surface area contributed by atoms with Crippen LogP contribution in [0.15, 0.2) is 24.3 Å². The van der Waals surface area contributed by atoms with E-state index in [2.05, 4.69) is 112 Å². The molecule has 0 saturated heterocycles. The van der Waals surface area contributed by atoms with Gasteiger partial charge in [0.1, 0.15) is 5.75 Å². The molecule has 1 atom stereocenters. The van der Waals surface area contributed by atoms with Crippen molar-refractivity contribution < 1.29 is 13.6 Å². The molecule has 2 aromatic carbocycles. The van der Waals surface area contributed by atoms with E-state index in [-0.39, 0.29) is 11.8 Å². The van der Waals surface area contributed by atoms with Gasteiger partial charge < -0.3 is 4.52 Å². The molecule has 0 radical (unpaired) electrons. The Morgan fingerprint density at radius 1 is 0.632 bits per heavy atom. The van der Waals surface area contributed by atoms with E-state index in [9.17, 15) is 4.57 Å². The molecule has 0 aliphatic carbocycles. The molecular weight excluding hydrogens is 489 g/mol. The molecule has 38 heavy (non-hydrogen) atoms. The standard InChI is InChI=1S/C33H54NO3P/c1-20(2)26-16-29(22(5)6)28(30(17-26)23(7)8)14-15-34-38(35,36-13)37-33-31(24(9)10)18-27(21(3)4)19-32(33)25(11)12/h16-25H,14-15H2,1-13H3,(H,34,35). The van der Waals surface area contributed by atoms with Gasteiger partial charge in [-0.1, -0.05) is 107 Å². The first-order chi connectivity index (χ1) is 17.6. The average molecular weight is 544 g/mol. The van der Waals surface area contributed by atoms with Crippen LogP contribution in [0.2, 0.25) is 0 Å². The largest absolute Gasteiger partial charge is 0.458 e. The summed E-state index contributed by atoms with van der Waals surface area (Å²) in [5.41, 5.74) is 8.91. The highest BCUT2D eigenvalue weighted by atomic mass is 31.2. The van der Waals surface area contributed by atoms with Crippen molar-refractivity contribution in [1.82, 2.24) is 5.09 Å². The summed E-state index contributed by atoms with van der Waals surface area (Å²) in [5.74, 6) is 2.86. The Balaban J connectivity index is 2.43. The lowest BCUT2D eigenvalue weighted by Crippen LogP contribution is -2.21. The molecule has 0 fully saturated rings. The van der Waals surface area contributed by atoms with Crippen LogP contribution in [0, 0.1) is 0 Å². The van der Waals surface area contributed by atoms with Crippen molar-refractivity contribution in [3.05, 3.63) is 63.2 Å². The predicted octanol–water partition coefficient (Wildman–Crippen LogP) is 10.4. The molecule has 0 bridgehead atoms. The third-order valence-corrected chi connectivity index (χ3v) is 8.98. The highest BCUT2D eigenvalue weighted by Crippen LogP contribution is 2.49. The number of benzene rings is 2. The van der Waals surface area contributed by atoms with Crippen LogP contribution < -0.4 is 9.61 Å². The third-order valence-electron chi connectivity index (χ3n) is 7.46. The van der Waals surface area contributed by atoms with Gasteiger partial charge in [0, 0.05) is 13.7 Å². The fourth-order valence-electron chi connectivity index (χ4n) is 4.96. The molecule has 0 aliphatic heterocycles. The van der Waals surface area contributed by atoms with Crippen LogP contribution in [-0.4, -0.2) is 13.7 Å². The Hall–Kier alpha value is -1.61. The van der Waals surface area contributed by atoms with Crippen molar-refractivity contribution in [2.45, 2.75) is 125 Å². The summed E-state index contributed by atoms with van der Waals surface area (Å²) >= 11 is 0. The lowest BCUT2D eigenvalue weighted by atomic mass is 9.83. The minimum atomic E-state index is -3.58. The smallest absolute Gasteiger partial charge is 0.413 e. The Bertz CT molecular complexity index is 1060. The summed E-state index contributed by atoms with van der Waals surface area (Å²) in [7, 11) is -2.11. The van der Waals surface area contributed by atoms with E-state index in [0.29, 0.717) is 36.0 Å². The highest BCUT2D eigenvalue weighted by molar-refractivity contribution is 7.52. The van der Waals surface area contributed by atoms with Crippen LogP contribution in [0.1, 0.15) is 158 Å². The molecule has 0 aromatic heterocycles. The quantitative estimate of drug-likeness (QED) is 0.255. The van der Waals surface area contributed by atoms with E-state index >= 15 is 0 Å². The second kappa shape index (κ2) is 13.6. The third kappa shape index (κ3) is 7.96. The second-order valence-electron chi connectivity index (χ2n) is 12.6. The van der Waals surface area contributed by atoms with Gasteiger partial charge in [-0.15, -0.1) is 0 Å². The Labute approximate surface area is 233 Å². The molecule has 0 spiro atoms. The molecule has 0 saturated carbocycles. The molecule has 4 nitrogen and oxygen atoms in total. The van der Waals surface area contributed by atoms with Crippen molar-refractivity contribution in [3.8, 4) is 5.75 Å². The van der Waals surface area contributed by atoms with Crippen LogP contribution in [0.3, 0.4) is 0 Å². The maximum Gasteiger partial charge on any atom is 0.458 e. The molecule has 0 heterocycles. The first-order valence-corrected chi connectivity index (χ1v) is 16.1. The van der Waals surface area contributed by atoms with Crippen molar-refractivity contribution in [1.29, 1.82) is 0 Å². The zero-order valence-corrected chi connectivity index (χ0v) is 27.3. The summed E-state index contributed by atoms with van der Waals surface area (Å²) in [4.78, 5) is 0. The molecule has 2 aromatic rings. The fourth-order valence-corrected chi connectivity index (χ4v) is 6.07. The van der Waals surface area contributed by atoms with Gasteiger partial charge in [-0.05, 0) is 80.9 Å². The summed E-state index contributed by atoms with van der Waals surface area (Å²) in [5, 5.41) is 3.19. The number of rotatable bonds is 13. The van der Waals surface area contributed by atoms with E-state index in [1.807, 2.05) is 0 Å². The molecule has 0 amide bonds. The van der Waals surface area contributed by atoms with Crippen molar-refractivity contribution >= 4 is 7.75 Å². The summed E-state index contributed by atoms with van der Waals surface area (Å²) in [6, 6.07) is 9.14. The van der Waals surface area contributed by atoms with Gasteiger partial charge in [-0.2, -0.15) is 0 Å². The maximum absolute atomic E-state index is 13.9. The monoisotopic (exact) mass is 543 g/mol. The fraction of sp³-hybridized carbons (Fsp3) is 0.636. The van der Waals surface area contributed by atoms with Crippen LogP contribution in [0.5, 0.6) is 5.75 Å². The van der Waals surface area contributed by atoms with Crippen LogP contribution >= 0.6 is 7.75 Å². The van der Waals surface area contributed by atoms with Gasteiger partial charge in [0.25, 0.3) is 0 Å². The average Bonchev–Trinajstić information content (AvgIpc) is 2.82. The lowest BCUT2D eigenvalue weighted by Gasteiger charge is -2.27. The van der Waals surface area contributed by atoms with Gasteiger partial charge >= 0.3 is 7.75 Å². The van der Waals surface area contributed by atoms with Crippen molar-refractivity contribution in [2.75, 3.05) is 13.7 Å². The Morgan fingerprint density at radius 3 is 1.32 bits per heavy atom. The SMILES string of the molecule is COP(=O)(NCCc1c(C(C)C)cc(C(C)C)cc1C(C)C)Oc1c(C(C)C)cc(C(C)C)cc1C(C)C. The molecule has 5 heteroatoms. The zero-order chi connectivity index (χ0) is 28.9. The Morgan fingerprint density at radius 2 is 1.00 bits per heavy atom. The minimum Gasteiger partial charge on any atom is -0.413 e. The van der Waals surface area contributed by atoms with Gasteiger partial charge in [0.15, 0.2) is 0 Å². The van der Waals surface area contributed by atoms with Crippen LogP contribution in [0.25, 0.3) is 0 Å². The van der Waals surface area contributed by atoms with E-state index < -0.39 is 7.75 Å². The molecule has 0 aliphatic rings. The van der Waals surface area contributed by atoms with Gasteiger partial charge in [0.2, 0.25) is 0 Å². The van der Waals surface area contributed by atoms with Crippen molar-refractivity contribution in [3.63, 3.8) is 0 Å². The first kappa shape index (κ1) is 32.6. The van der Waals surface area contributed by atoms with Crippen LogP contribution in [0.4, 0.5) is 0 Å². The van der Waals surface area contributed by atoms with Crippen LogP contribution in [-0.2, 0) is 15.5 Å². The topological polar surface area (TPSA) is 47.6 Å². The predicted molar refractivity (Wildman–Crippen MR) is 164 cm³/mol. The summed E-state index contributed by atoms with van der Waals surface area (Å²) in [6.07, 6.45) is 0.760. The number of hydrogen-bond acceptors (Lipinski definition) is 3. The Kier molecular flexibility index (Phi) is 11.7. The van der Waals surface area contributed by atoms with Gasteiger partial charge in [0.05, 0.1) is 0 Å². The summed E-state index contributed by atoms with van der Waals surface area (Å²) in [6.45, 7) is 27.1. The van der Waals surface area contributed by atoms with E-state index in [1.165, 1.54) is 34.9 Å². The molecule has 1 unspecified atom stereocenters. The van der Waals surface area contributed by atoms with Crippen molar-refractivity contribution in [2.24, 2.45) is 0 Å². The van der Waals surface area contributed by atoms with Gasteiger partial charge in [-0.25, -0.2) is 9.65 Å². The van der Waals surface area contributed by atoms with E-state index in [4.69, 9.17) is 9.05 Å². The van der Waals surface area contributed by atoms with E-state index in [0.717, 1.165) is 17.5 Å². The zero-order valence-electron chi connectivity index (χ0n) is 26.4. The molecular formula is C33H54NO3P. The maximum atomic E-state index is 13.9. The minimum absolute atomic E-state index is 0.230. The lowest BCUT2D eigenvalue weighted by molar-refractivity contribution is 0.307. The first-order valence-electron chi connectivity index (χ1n) is 14.6. The molecule has 1 N–H and O–H groups in total. The summed E-state index contributed by atoms with van der Waals surface area (Å²) < 4.78 is 25.8. The molecule has 2 rings (SSSR count). The number of hydrogen-bond donors (Lipinski definition) is 1. The van der Waals surface area contributed by atoms with E-state index in [1.54, 1.807) is 0 Å².